The van der Waals surface area contributed by atoms with Gasteiger partial charge in [0.15, 0.2) is 0 Å². The third-order valence-electron chi connectivity index (χ3n) is 2.06. The summed E-state index contributed by atoms with van der Waals surface area (Å²) < 4.78 is 4.61. The fourth-order valence-electron chi connectivity index (χ4n) is 1.08. The smallest absolute Gasteiger partial charge is 0.337 e. The van der Waals surface area contributed by atoms with E-state index in [-0.39, 0.29) is 5.97 Å². The number of benzene rings is 1. The van der Waals surface area contributed by atoms with E-state index in [1.54, 1.807) is 12.1 Å². The summed E-state index contributed by atoms with van der Waals surface area (Å²) in [7, 11) is 1.37. The molecule has 1 rings (SSSR count). The van der Waals surface area contributed by atoms with Crippen LogP contribution in [0, 0.1) is 13.8 Å². The van der Waals surface area contributed by atoms with E-state index < -0.39 is 0 Å². The summed E-state index contributed by atoms with van der Waals surface area (Å²) in [4.78, 5) is 12.0. The standard InChI is InChI=1S/C10H12O2S/c1-6-4-8(10(11)12-3)5-9(13)7(6)2/h4-5,13H,1-3H3. The van der Waals surface area contributed by atoms with Crippen molar-refractivity contribution in [3.8, 4) is 0 Å². The van der Waals surface area contributed by atoms with Crippen LogP contribution < -0.4 is 0 Å². The predicted octanol–water partition coefficient (Wildman–Crippen LogP) is 2.38. The van der Waals surface area contributed by atoms with E-state index in [1.807, 2.05) is 13.8 Å². The summed E-state index contributed by atoms with van der Waals surface area (Å²) in [5.74, 6) is -0.321. The summed E-state index contributed by atoms with van der Waals surface area (Å²) in [6.45, 7) is 3.92. The number of thiol groups is 1. The first-order valence-corrected chi connectivity index (χ1v) is 4.39. The maximum atomic E-state index is 11.2. The van der Waals surface area contributed by atoms with Crippen LogP contribution in [0.3, 0.4) is 0 Å². The monoisotopic (exact) mass is 196 g/mol. The van der Waals surface area contributed by atoms with E-state index in [0.717, 1.165) is 16.0 Å². The molecular formula is C10H12O2S. The molecule has 0 heterocycles. The van der Waals surface area contributed by atoms with Crippen LogP contribution in [0.2, 0.25) is 0 Å². The van der Waals surface area contributed by atoms with Crippen LogP contribution in [0.25, 0.3) is 0 Å². The van der Waals surface area contributed by atoms with Crippen LogP contribution in [0.5, 0.6) is 0 Å². The molecule has 0 aliphatic carbocycles. The zero-order chi connectivity index (χ0) is 10.0. The van der Waals surface area contributed by atoms with Gasteiger partial charge < -0.3 is 4.74 Å². The molecule has 1 aromatic rings. The SMILES string of the molecule is COC(=O)c1cc(C)c(C)c(S)c1. The number of methoxy groups -OCH3 is 1. The van der Waals surface area contributed by atoms with E-state index in [9.17, 15) is 4.79 Å². The number of carbonyl (C=O) groups is 1. The minimum absolute atomic E-state index is 0.321. The molecular weight excluding hydrogens is 184 g/mol. The van der Waals surface area contributed by atoms with Crippen molar-refractivity contribution in [2.45, 2.75) is 18.7 Å². The Morgan fingerprint density at radius 1 is 1.38 bits per heavy atom. The van der Waals surface area contributed by atoms with Crippen LogP contribution in [0.4, 0.5) is 0 Å². The summed E-state index contributed by atoms with van der Waals surface area (Å²) in [6, 6.07) is 3.53. The molecule has 0 N–H and O–H groups in total. The van der Waals surface area contributed by atoms with Crippen LogP contribution in [0.15, 0.2) is 17.0 Å². The molecule has 0 radical (unpaired) electrons. The zero-order valence-corrected chi connectivity index (χ0v) is 8.81. The lowest BCUT2D eigenvalue weighted by Gasteiger charge is -2.06. The molecule has 3 heteroatoms. The van der Waals surface area contributed by atoms with Crippen molar-refractivity contribution < 1.29 is 9.53 Å². The average Bonchev–Trinajstić information content (AvgIpc) is 2.12. The van der Waals surface area contributed by atoms with E-state index in [0.29, 0.717) is 5.56 Å². The Bertz CT molecular complexity index is 322. The Labute approximate surface area is 83.3 Å². The van der Waals surface area contributed by atoms with Crippen molar-refractivity contribution in [1.82, 2.24) is 0 Å². The minimum Gasteiger partial charge on any atom is -0.465 e. The molecule has 70 valence electrons. The second-order valence-corrected chi connectivity index (χ2v) is 3.41. The number of carbonyl (C=O) groups excluding carboxylic acids is 1. The van der Waals surface area contributed by atoms with Gasteiger partial charge in [-0.3, -0.25) is 0 Å². The second kappa shape index (κ2) is 3.83. The Balaban J connectivity index is 3.20. The van der Waals surface area contributed by atoms with Gasteiger partial charge in [-0.15, -0.1) is 12.6 Å². The summed E-state index contributed by atoms with van der Waals surface area (Å²) in [5.41, 5.74) is 2.69. The van der Waals surface area contributed by atoms with Gasteiger partial charge in [0, 0.05) is 4.90 Å². The van der Waals surface area contributed by atoms with Gasteiger partial charge in [0.1, 0.15) is 0 Å². The number of hydrogen-bond donors (Lipinski definition) is 1. The maximum absolute atomic E-state index is 11.2. The van der Waals surface area contributed by atoms with Gasteiger partial charge in [0.25, 0.3) is 0 Å². The highest BCUT2D eigenvalue weighted by atomic mass is 32.1. The highest BCUT2D eigenvalue weighted by Crippen LogP contribution is 2.19. The van der Waals surface area contributed by atoms with Gasteiger partial charge >= 0.3 is 5.97 Å². The van der Waals surface area contributed by atoms with Crippen LogP contribution >= 0.6 is 12.6 Å². The molecule has 0 aromatic heterocycles. The quantitative estimate of drug-likeness (QED) is 0.551. The summed E-state index contributed by atoms with van der Waals surface area (Å²) in [5, 5.41) is 0. The van der Waals surface area contributed by atoms with Gasteiger partial charge in [0.2, 0.25) is 0 Å². The molecule has 0 aliphatic heterocycles. The topological polar surface area (TPSA) is 26.3 Å². The normalized spacial score (nSPS) is 9.85. The fourth-order valence-corrected chi connectivity index (χ4v) is 1.39. The fraction of sp³-hybridized carbons (Fsp3) is 0.300. The molecule has 1 aromatic carbocycles. The molecule has 0 bridgehead atoms. The highest BCUT2D eigenvalue weighted by molar-refractivity contribution is 7.80. The molecule has 0 fully saturated rings. The first-order valence-electron chi connectivity index (χ1n) is 3.94. The van der Waals surface area contributed by atoms with Crippen molar-refractivity contribution in [3.63, 3.8) is 0 Å². The Morgan fingerprint density at radius 2 is 2.00 bits per heavy atom. The second-order valence-electron chi connectivity index (χ2n) is 2.93. The first-order chi connectivity index (χ1) is 6.06. The van der Waals surface area contributed by atoms with Crippen molar-refractivity contribution in [2.75, 3.05) is 7.11 Å². The average molecular weight is 196 g/mol. The summed E-state index contributed by atoms with van der Waals surface area (Å²) in [6.07, 6.45) is 0. The third-order valence-corrected chi connectivity index (χ3v) is 2.53. The Hall–Kier alpha value is -0.960. The molecule has 0 saturated heterocycles. The maximum Gasteiger partial charge on any atom is 0.337 e. The van der Waals surface area contributed by atoms with Crippen molar-refractivity contribution in [3.05, 3.63) is 28.8 Å². The molecule has 0 aliphatic rings. The minimum atomic E-state index is -0.321. The molecule has 13 heavy (non-hydrogen) atoms. The van der Waals surface area contributed by atoms with Gasteiger partial charge in [-0.1, -0.05) is 0 Å². The van der Waals surface area contributed by atoms with Crippen molar-refractivity contribution >= 4 is 18.6 Å². The number of hydrogen-bond acceptors (Lipinski definition) is 3. The van der Waals surface area contributed by atoms with Gasteiger partial charge in [-0.05, 0) is 37.1 Å². The van der Waals surface area contributed by atoms with Crippen LogP contribution in [-0.2, 0) is 4.74 Å². The number of esters is 1. The van der Waals surface area contributed by atoms with E-state index in [1.165, 1.54) is 7.11 Å². The molecule has 0 saturated carbocycles. The molecule has 0 atom stereocenters. The predicted molar refractivity (Wildman–Crippen MR) is 54.5 cm³/mol. The van der Waals surface area contributed by atoms with Gasteiger partial charge in [-0.2, -0.15) is 0 Å². The van der Waals surface area contributed by atoms with Crippen molar-refractivity contribution in [2.24, 2.45) is 0 Å². The largest absolute Gasteiger partial charge is 0.465 e. The lowest BCUT2D eigenvalue weighted by atomic mass is 10.1. The molecule has 0 unspecified atom stereocenters. The lowest BCUT2D eigenvalue weighted by Crippen LogP contribution is -2.02. The van der Waals surface area contributed by atoms with Crippen LogP contribution in [0.1, 0.15) is 21.5 Å². The molecule has 0 amide bonds. The highest BCUT2D eigenvalue weighted by Gasteiger charge is 2.08. The van der Waals surface area contributed by atoms with Gasteiger partial charge in [0.05, 0.1) is 12.7 Å². The van der Waals surface area contributed by atoms with E-state index >= 15 is 0 Å². The van der Waals surface area contributed by atoms with E-state index in [2.05, 4.69) is 17.4 Å². The molecule has 2 nitrogen and oxygen atoms in total. The summed E-state index contributed by atoms with van der Waals surface area (Å²) >= 11 is 4.26. The zero-order valence-electron chi connectivity index (χ0n) is 7.92. The number of aryl methyl sites for hydroxylation is 1. The van der Waals surface area contributed by atoms with Crippen LogP contribution in [-0.4, -0.2) is 13.1 Å². The van der Waals surface area contributed by atoms with Crippen molar-refractivity contribution in [1.29, 1.82) is 0 Å². The number of ether oxygens (including phenoxy) is 1. The Morgan fingerprint density at radius 3 is 2.46 bits per heavy atom. The number of rotatable bonds is 1. The third kappa shape index (κ3) is 2.04. The van der Waals surface area contributed by atoms with Gasteiger partial charge in [-0.25, -0.2) is 4.79 Å². The lowest BCUT2D eigenvalue weighted by molar-refractivity contribution is 0.0600. The Kier molecular flexibility index (Phi) is 2.98. The van der Waals surface area contributed by atoms with E-state index in [4.69, 9.17) is 0 Å². The molecule has 0 spiro atoms. The first kappa shape index (κ1) is 10.1.